The molecular weight excluding hydrogens is 266 g/mol. The molecular formula is C14H20ClNOS. The van der Waals surface area contributed by atoms with Crippen LogP contribution in [0, 0.1) is 5.92 Å². The zero-order valence-corrected chi connectivity index (χ0v) is 12.3. The van der Waals surface area contributed by atoms with Crippen LogP contribution < -0.4 is 5.32 Å². The minimum atomic E-state index is 0.513. The van der Waals surface area contributed by atoms with E-state index in [0.29, 0.717) is 12.0 Å². The Hall–Kier alpha value is -0.220. The SMILES string of the molecule is CCNC(CSc1ccccc1Cl)C1CCOC1. The molecule has 0 bridgehead atoms. The van der Waals surface area contributed by atoms with Gasteiger partial charge in [0.05, 0.1) is 11.6 Å². The van der Waals surface area contributed by atoms with Gasteiger partial charge in [-0.2, -0.15) is 0 Å². The van der Waals surface area contributed by atoms with Crippen molar-refractivity contribution in [3.63, 3.8) is 0 Å². The van der Waals surface area contributed by atoms with Crippen LogP contribution in [-0.2, 0) is 4.74 Å². The highest BCUT2D eigenvalue weighted by molar-refractivity contribution is 7.99. The predicted molar refractivity (Wildman–Crippen MR) is 78.6 cm³/mol. The van der Waals surface area contributed by atoms with Crippen LogP contribution in [0.3, 0.4) is 0 Å². The Labute approximate surface area is 118 Å². The minimum absolute atomic E-state index is 0.513. The summed E-state index contributed by atoms with van der Waals surface area (Å²) in [7, 11) is 0. The van der Waals surface area contributed by atoms with Crippen LogP contribution in [0.5, 0.6) is 0 Å². The number of rotatable bonds is 6. The van der Waals surface area contributed by atoms with Crippen molar-refractivity contribution in [2.24, 2.45) is 5.92 Å². The van der Waals surface area contributed by atoms with E-state index in [2.05, 4.69) is 18.3 Å². The molecule has 0 aliphatic carbocycles. The summed E-state index contributed by atoms with van der Waals surface area (Å²) in [5, 5.41) is 4.42. The molecule has 1 aliphatic heterocycles. The Kier molecular flexibility index (Phi) is 5.83. The largest absolute Gasteiger partial charge is 0.381 e. The quantitative estimate of drug-likeness (QED) is 0.809. The van der Waals surface area contributed by atoms with E-state index in [4.69, 9.17) is 16.3 Å². The van der Waals surface area contributed by atoms with Gasteiger partial charge < -0.3 is 10.1 Å². The Morgan fingerprint density at radius 2 is 2.33 bits per heavy atom. The molecule has 1 heterocycles. The average molecular weight is 286 g/mol. The van der Waals surface area contributed by atoms with E-state index in [-0.39, 0.29) is 0 Å². The van der Waals surface area contributed by atoms with Crippen LogP contribution >= 0.6 is 23.4 Å². The van der Waals surface area contributed by atoms with Crippen LogP contribution in [0.15, 0.2) is 29.2 Å². The molecule has 18 heavy (non-hydrogen) atoms. The van der Waals surface area contributed by atoms with E-state index in [1.807, 2.05) is 30.0 Å². The molecule has 1 N–H and O–H groups in total. The number of hydrogen-bond donors (Lipinski definition) is 1. The van der Waals surface area contributed by atoms with Crippen LogP contribution in [0.4, 0.5) is 0 Å². The molecule has 1 aromatic carbocycles. The lowest BCUT2D eigenvalue weighted by Crippen LogP contribution is -2.38. The fourth-order valence-electron chi connectivity index (χ4n) is 2.24. The first-order chi connectivity index (χ1) is 8.81. The second-order valence-corrected chi connectivity index (χ2v) is 6.00. The Morgan fingerprint density at radius 3 is 3.00 bits per heavy atom. The normalized spacial score (nSPS) is 21.1. The summed E-state index contributed by atoms with van der Waals surface area (Å²) >= 11 is 8.01. The van der Waals surface area contributed by atoms with Crippen molar-refractivity contribution >= 4 is 23.4 Å². The fraction of sp³-hybridized carbons (Fsp3) is 0.571. The van der Waals surface area contributed by atoms with Crippen LogP contribution in [0.1, 0.15) is 13.3 Å². The third-order valence-electron chi connectivity index (χ3n) is 3.26. The number of thioether (sulfide) groups is 1. The molecule has 0 aromatic heterocycles. The van der Waals surface area contributed by atoms with Crippen molar-refractivity contribution in [3.05, 3.63) is 29.3 Å². The molecule has 2 nitrogen and oxygen atoms in total. The van der Waals surface area contributed by atoms with E-state index in [1.165, 1.54) is 11.3 Å². The molecule has 1 saturated heterocycles. The number of hydrogen-bond acceptors (Lipinski definition) is 3. The highest BCUT2D eigenvalue weighted by atomic mass is 35.5. The third kappa shape index (κ3) is 3.89. The number of ether oxygens (including phenoxy) is 1. The van der Waals surface area contributed by atoms with Gasteiger partial charge in [0.1, 0.15) is 0 Å². The van der Waals surface area contributed by atoms with Gasteiger partial charge in [-0.1, -0.05) is 30.7 Å². The first-order valence-electron chi connectivity index (χ1n) is 6.49. The molecule has 0 saturated carbocycles. The molecule has 1 aromatic rings. The Morgan fingerprint density at radius 1 is 1.50 bits per heavy atom. The molecule has 0 spiro atoms. The van der Waals surface area contributed by atoms with Crippen molar-refractivity contribution in [3.8, 4) is 0 Å². The van der Waals surface area contributed by atoms with Gasteiger partial charge >= 0.3 is 0 Å². The van der Waals surface area contributed by atoms with Gasteiger partial charge in [-0.15, -0.1) is 11.8 Å². The lowest BCUT2D eigenvalue weighted by Gasteiger charge is -2.23. The van der Waals surface area contributed by atoms with E-state index in [1.54, 1.807) is 0 Å². The molecule has 0 amide bonds. The van der Waals surface area contributed by atoms with Gasteiger partial charge in [-0.3, -0.25) is 0 Å². The summed E-state index contributed by atoms with van der Waals surface area (Å²) in [6.07, 6.45) is 1.17. The van der Waals surface area contributed by atoms with Crippen LogP contribution in [0.2, 0.25) is 5.02 Å². The van der Waals surface area contributed by atoms with Gasteiger partial charge in [0.2, 0.25) is 0 Å². The lowest BCUT2D eigenvalue weighted by molar-refractivity contribution is 0.179. The molecule has 100 valence electrons. The maximum Gasteiger partial charge on any atom is 0.0541 e. The number of benzene rings is 1. The van der Waals surface area contributed by atoms with Crippen LogP contribution in [0.25, 0.3) is 0 Å². The molecule has 1 aliphatic rings. The van der Waals surface area contributed by atoms with Crippen molar-refractivity contribution in [1.82, 2.24) is 5.32 Å². The summed E-state index contributed by atoms with van der Waals surface area (Å²) < 4.78 is 5.48. The van der Waals surface area contributed by atoms with E-state index in [9.17, 15) is 0 Å². The van der Waals surface area contributed by atoms with Crippen molar-refractivity contribution < 1.29 is 4.74 Å². The predicted octanol–water partition coefficient (Wildman–Crippen LogP) is 3.45. The fourth-order valence-corrected chi connectivity index (χ4v) is 3.66. The summed E-state index contributed by atoms with van der Waals surface area (Å²) in [5.74, 6) is 1.69. The molecule has 4 heteroatoms. The van der Waals surface area contributed by atoms with Crippen molar-refractivity contribution in [1.29, 1.82) is 0 Å². The first-order valence-corrected chi connectivity index (χ1v) is 7.86. The average Bonchev–Trinajstić information content (AvgIpc) is 2.90. The van der Waals surface area contributed by atoms with E-state index < -0.39 is 0 Å². The molecule has 2 rings (SSSR count). The van der Waals surface area contributed by atoms with E-state index in [0.717, 1.165) is 30.5 Å². The molecule has 0 radical (unpaired) electrons. The standard InChI is InChI=1S/C14H20ClNOS/c1-2-16-13(11-7-8-17-9-11)10-18-14-6-4-3-5-12(14)15/h3-6,11,13,16H,2,7-10H2,1H3. The van der Waals surface area contributed by atoms with Gasteiger partial charge in [0.25, 0.3) is 0 Å². The van der Waals surface area contributed by atoms with Crippen molar-refractivity contribution in [2.75, 3.05) is 25.5 Å². The second kappa shape index (κ2) is 7.39. The highest BCUT2D eigenvalue weighted by Gasteiger charge is 2.25. The van der Waals surface area contributed by atoms with Crippen LogP contribution in [-0.4, -0.2) is 31.6 Å². The summed E-state index contributed by atoms with van der Waals surface area (Å²) in [4.78, 5) is 1.17. The molecule has 2 atom stereocenters. The third-order valence-corrected chi connectivity index (χ3v) is 4.89. The Bertz CT molecular complexity index is 369. The maximum absolute atomic E-state index is 6.18. The van der Waals surface area contributed by atoms with Gasteiger partial charge in [0, 0.05) is 29.2 Å². The maximum atomic E-state index is 6.18. The van der Waals surface area contributed by atoms with Gasteiger partial charge in [-0.05, 0) is 25.1 Å². The summed E-state index contributed by atoms with van der Waals surface area (Å²) in [6, 6.07) is 8.55. The van der Waals surface area contributed by atoms with Crippen molar-refractivity contribution in [2.45, 2.75) is 24.3 Å². The zero-order valence-electron chi connectivity index (χ0n) is 10.7. The summed E-state index contributed by atoms with van der Waals surface area (Å²) in [5.41, 5.74) is 0. The van der Waals surface area contributed by atoms with Gasteiger partial charge in [0.15, 0.2) is 0 Å². The molecule has 1 fully saturated rings. The topological polar surface area (TPSA) is 21.3 Å². The number of halogens is 1. The molecule has 2 unspecified atom stereocenters. The minimum Gasteiger partial charge on any atom is -0.381 e. The second-order valence-electron chi connectivity index (χ2n) is 4.53. The van der Waals surface area contributed by atoms with Gasteiger partial charge in [-0.25, -0.2) is 0 Å². The number of nitrogens with one attached hydrogen (secondary N) is 1. The first kappa shape index (κ1) is 14.2. The zero-order chi connectivity index (χ0) is 12.8. The van der Waals surface area contributed by atoms with E-state index >= 15 is 0 Å². The lowest BCUT2D eigenvalue weighted by atomic mass is 10.0. The monoisotopic (exact) mass is 285 g/mol. The summed E-state index contributed by atoms with van der Waals surface area (Å²) in [6.45, 7) is 4.96. The highest BCUT2D eigenvalue weighted by Crippen LogP contribution is 2.29. The smallest absolute Gasteiger partial charge is 0.0541 e. The Balaban J connectivity index is 1.91.